The van der Waals surface area contributed by atoms with Crippen molar-refractivity contribution in [3.8, 4) is 22.9 Å². The Kier molecular flexibility index (Phi) is 18.2. The van der Waals surface area contributed by atoms with E-state index in [9.17, 15) is 4.79 Å². The molecule has 0 aliphatic carbocycles. The van der Waals surface area contributed by atoms with Crippen LogP contribution in [0.25, 0.3) is 22.0 Å². The van der Waals surface area contributed by atoms with E-state index in [1.54, 1.807) is 62.3 Å². The van der Waals surface area contributed by atoms with E-state index in [2.05, 4.69) is 50.2 Å². The number of methoxy groups -OCH3 is 2. The lowest BCUT2D eigenvalue weighted by Crippen LogP contribution is -2.41. The number of ether oxygens (including phenoxy) is 3. The van der Waals surface area contributed by atoms with Gasteiger partial charge in [-0.25, -0.2) is 19.7 Å². The number of carbonyl (C=O) groups excluding carboxylic acids is 1. The Hall–Kier alpha value is -5.62. The number of anilines is 3. The molecule has 0 saturated carbocycles. The number of nitrogens with zero attached hydrogens (tertiary/aromatic N) is 5. The van der Waals surface area contributed by atoms with Crippen LogP contribution in [-0.4, -0.2) is 70.0 Å². The second kappa shape index (κ2) is 22.5. The van der Waals surface area contributed by atoms with Gasteiger partial charge in [-0.2, -0.15) is 0 Å². The summed E-state index contributed by atoms with van der Waals surface area (Å²) in [6.45, 7) is 14.0. The van der Waals surface area contributed by atoms with Gasteiger partial charge in [-0.15, -0.1) is 25.3 Å². The molecule has 312 valence electrons. The largest absolute Gasteiger partial charge is 0.496 e. The van der Waals surface area contributed by atoms with Crippen LogP contribution in [0.4, 0.5) is 17.2 Å². The number of nitrogen functional groups attached to an aromatic ring is 3. The second-order valence-electron chi connectivity index (χ2n) is 13.2. The van der Waals surface area contributed by atoms with Crippen LogP contribution in [0.2, 0.25) is 0 Å². The number of benzene rings is 1. The van der Waals surface area contributed by atoms with E-state index in [0.29, 0.717) is 28.7 Å². The van der Waals surface area contributed by atoms with Gasteiger partial charge in [0, 0.05) is 63.4 Å². The molecule has 1 aliphatic heterocycles. The number of rotatable bonds is 6. The molecule has 6 heterocycles. The van der Waals surface area contributed by atoms with Crippen LogP contribution in [0.3, 0.4) is 0 Å². The van der Waals surface area contributed by atoms with Gasteiger partial charge in [0.15, 0.2) is 0 Å². The Morgan fingerprint density at radius 2 is 1.29 bits per heavy atom. The van der Waals surface area contributed by atoms with Crippen LogP contribution < -0.4 is 32.1 Å². The Morgan fingerprint density at radius 1 is 0.746 bits per heavy atom. The summed E-state index contributed by atoms with van der Waals surface area (Å²) in [6, 6.07) is 18.3. The number of esters is 1. The van der Waals surface area contributed by atoms with E-state index in [4.69, 9.17) is 40.7 Å². The average Bonchev–Trinajstić information content (AvgIpc) is 3.45. The Morgan fingerprint density at radius 3 is 1.73 bits per heavy atom. The molecule has 0 radical (unpaired) electrons. The zero-order valence-corrected chi connectivity index (χ0v) is 36.6. The third kappa shape index (κ3) is 13.5. The van der Waals surface area contributed by atoms with Crippen molar-refractivity contribution in [2.24, 2.45) is 0 Å². The van der Waals surface area contributed by atoms with Gasteiger partial charge in [-0.05, 0) is 94.8 Å². The smallest absolute Gasteiger partial charge is 0.480 e. The van der Waals surface area contributed by atoms with Crippen LogP contribution >= 0.6 is 25.3 Å². The van der Waals surface area contributed by atoms with Crippen molar-refractivity contribution >= 4 is 71.9 Å². The van der Waals surface area contributed by atoms with E-state index >= 15 is 0 Å². The SMILES string of the molecule is CC.CCOC(=O)c1cc2cc(-c3cnc(OC)c(N)c3)ccc2nc1N.COc1ncc(B2OC(C)(C)C(C)(C)O2)cc1N.Sc1cccnc1.Sc1cccnc1. The number of thiol groups is 2. The summed E-state index contributed by atoms with van der Waals surface area (Å²) in [7, 11) is 2.60. The van der Waals surface area contributed by atoms with E-state index < -0.39 is 13.1 Å². The maximum Gasteiger partial charge on any atom is 0.496 e. The molecule has 17 heteroatoms. The first-order valence-electron chi connectivity index (χ1n) is 18.6. The quantitative estimate of drug-likeness (QED) is 0.0631. The zero-order valence-electron chi connectivity index (χ0n) is 34.8. The number of fused-ring (bicyclic) bond motifs is 1. The molecule has 1 fully saturated rings. The molecule has 14 nitrogen and oxygen atoms in total. The summed E-state index contributed by atoms with van der Waals surface area (Å²) in [5, 5.41) is 0.768. The predicted octanol–water partition coefficient (Wildman–Crippen LogP) is 7.38. The van der Waals surface area contributed by atoms with Gasteiger partial charge in [0.2, 0.25) is 11.8 Å². The molecule has 6 aromatic rings. The standard InChI is InChI=1S/C18H18N4O3.C12H19BN2O3.2C5H5NS.C2H6/c1-3-25-18(23)13-7-11-6-10(4-5-15(11)22-16(13)20)12-8-14(19)17(24-2)21-9-12;1-11(2)12(3,4)18-13(17-11)8-6-9(14)10(16-5)15-7-8;2*7-5-2-1-3-6-4-5;1-2/h4-9H,3,19H2,1-2H3,(H2,20,22);6-7H,14H2,1-5H3;2*1-4,7H;1-2H3. The van der Waals surface area contributed by atoms with E-state index in [1.165, 1.54) is 14.2 Å². The van der Waals surface area contributed by atoms with Crippen LogP contribution in [0.15, 0.2) is 108 Å². The molecule has 59 heavy (non-hydrogen) atoms. The molecule has 7 rings (SSSR count). The molecule has 0 atom stereocenters. The number of carbonyl (C=O) groups is 1. The number of hydrogen-bond donors (Lipinski definition) is 5. The van der Waals surface area contributed by atoms with Gasteiger partial charge >= 0.3 is 13.1 Å². The van der Waals surface area contributed by atoms with Crippen molar-refractivity contribution in [3.05, 3.63) is 103 Å². The summed E-state index contributed by atoms with van der Waals surface area (Å²) in [6.07, 6.45) is 10.2. The van der Waals surface area contributed by atoms with Crippen molar-refractivity contribution in [1.29, 1.82) is 0 Å². The lowest BCUT2D eigenvalue weighted by atomic mass is 9.80. The molecular weight excluding hydrogens is 787 g/mol. The monoisotopic (exact) mass is 840 g/mol. The van der Waals surface area contributed by atoms with Crippen molar-refractivity contribution in [3.63, 3.8) is 0 Å². The van der Waals surface area contributed by atoms with Crippen LogP contribution in [0.5, 0.6) is 11.8 Å². The molecule has 0 amide bonds. The number of pyridine rings is 5. The summed E-state index contributed by atoms with van der Waals surface area (Å²) in [4.78, 5) is 34.0. The number of nitrogens with two attached hydrogens (primary N) is 3. The van der Waals surface area contributed by atoms with Gasteiger partial charge in [-0.1, -0.05) is 19.9 Å². The third-order valence-electron chi connectivity index (χ3n) is 8.66. The molecular formula is C42H53BN8O6S2. The van der Waals surface area contributed by atoms with Gasteiger partial charge in [-0.3, -0.25) is 9.97 Å². The molecule has 6 N–H and O–H groups in total. The number of hydrogen-bond acceptors (Lipinski definition) is 16. The van der Waals surface area contributed by atoms with Gasteiger partial charge in [0.1, 0.15) is 11.4 Å². The van der Waals surface area contributed by atoms with Crippen molar-refractivity contribution in [1.82, 2.24) is 24.9 Å². The summed E-state index contributed by atoms with van der Waals surface area (Å²) >= 11 is 8.04. The van der Waals surface area contributed by atoms with Crippen molar-refractivity contribution < 1.29 is 28.3 Å². The average molecular weight is 841 g/mol. The molecule has 1 saturated heterocycles. The van der Waals surface area contributed by atoms with Crippen molar-refractivity contribution in [2.45, 2.75) is 69.5 Å². The van der Waals surface area contributed by atoms with E-state index in [1.807, 2.05) is 84.0 Å². The highest BCUT2D eigenvalue weighted by Gasteiger charge is 2.51. The van der Waals surface area contributed by atoms with Gasteiger partial charge < -0.3 is 40.7 Å². The minimum absolute atomic E-state index is 0.147. The predicted molar refractivity (Wildman–Crippen MR) is 242 cm³/mol. The first-order valence-corrected chi connectivity index (χ1v) is 19.5. The number of aromatic nitrogens is 5. The lowest BCUT2D eigenvalue weighted by molar-refractivity contribution is 0.00578. The fourth-order valence-corrected chi connectivity index (χ4v) is 5.32. The molecule has 0 spiro atoms. The Balaban J connectivity index is 0.000000236. The highest BCUT2D eigenvalue weighted by Crippen LogP contribution is 2.36. The van der Waals surface area contributed by atoms with E-state index in [0.717, 1.165) is 31.8 Å². The minimum atomic E-state index is -0.491. The van der Waals surface area contributed by atoms with Gasteiger partial charge in [0.25, 0.3) is 0 Å². The van der Waals surface area contributed by atoms with Crippen LogP contribution in [0.1, 0.15) is 58.8 Å². The summed E-state index contributed by atoms with van der Waals surface area (Å²) in [5.41, 5.74) is 21.3. The third-order valence-corrected chi connectivity index (χ3v) is 9.18. The van der Waals surface area contributed by atoms with Crippen LogP contribution in [-0.2, 0) is 14.0 Å². The lowest BCUT2D eigenvalue weighted by Gasteiger charge is -2.32. The maximum absolute atomic E-state index is 12.0. The Bertz CT molecular complexity index is 2200. The van der Waals surface area contributed by atoms with Crippen molar-refractivity contribution in [2.75, 3.05) is 38.0 Å². The normalized spacial score (nSPS) is 13.1. The zero-order chi connectivity index (χ0) is 43.8. The first-order chi connectivity index (χ1) is 28.1. The van der Waals surface area contributed by atoms with Gasteiger partial charge in [0.05, 0.1) is 48.9 Å². The molecule has 5 aromatic heterocycles. The summed E-state index contributed by atoms with van der Waals surface area (Å²) in [5.74, 6) is 0.447. The Labute approximate surface area is 357 Å². The van der Waals surface area contributed by atoms with Crippen LogP contribution in [0, 0.1) is 0 Å². The van der Waals surface area contributed by atoms with E-state index in [-0.39, 0.29) is 29.2 Å². The highest BCUT2D eigenvalue weighted by molar-refractivity contribution is 7.80. The summed E-state index contributed by atoms with van der Waals surface area (Å²) < 4.78 is 27.0. The first kappa shape index (κ1) is 47.8. The molecule has 0 unspecified atom stereocenters. The fourth-order valence-electron chi connectivity index (χ4n) is 5.01. The topological polar surface area (TPSA) is 206 Å². The second-order valence-corrected chi connectivity index (χ2v) is 14.3. The minimum Gasteiger partial charge on any atom is -0.480 e. The highest BCUT2D eigenvalue weighted by atomic mass is 32.1. The molecule has 1 aliphatic rings. The fraction of sp³-hybridized carbons (Fsp3) is 0.286. The molecule has 1 aromatic carbocycles. The maximum atomic E-state index is 12.0. The molecule has 0 bridgehead atoms.